The maximum absolute atomic E-state index is 12.3. The molecule has 0 aliphatic heterocycles. The molecule has 19 heavy (non-hydrogen) atoms. The lowest BCUT2D eigenvalue weighted by Gasteiger charge is -2.28. The van der Waals surface area contributed by atoms with Crippen LogP contribution in [0.2, 0.25) is 0 Å². The summed E-state index contributed by atoms with van der Waals surface area (Å²) in [5.41, 5.74) is 1.28. The number of H-pyrrole nitrogens is 1. The number of furan rings is 1. The summed E-state index contributed by atoms with van der Waals surface area (Å²) in [6.07, 6.45) is 5.21. The number of hydrogen-bond acceptors (Lipinski definition) is 3. The fraction of sp³-hybridized carbons (Fsp3) is 0.500. The van der Waals surface area contributed by atoms with E-state index < -0.39 is 5.60 Å². The van der Waals surface area contributed by atoms with Gasteiger partial charge in [0.2, 0.25) is 0 Å². The molecule has 5 nitrogen and oxygen atoms in total. The second-order valence-electron chi connectivity index (χ2n) is 5.47. The molecule has 0 radical (unpaired) electrons. The molecule has 2 heterocycles. The first-order valence-corrected chi connectivity index (χ1v) is 6.61. The second kappa shape index (κ2) is 4.42. The molecule has 0 unspecified atom stereocenters. The minimum Gasteiger partial charge on any atom is -0.463 e. The number of nitrogens with one attached hydrogen (secondary N) is 1. The SMILES string of the molecule is CN(CC1(O)CCCC1)C(=O)c1cc2occc2[nH]1. The summed E-state index contributed by atoms with van der Waals surface area (Å²) in [6.45, 7) is 0.381. The first kappa shape index (κ1) is 12.3. The third kappa shape index (κ3) is 2.26. The van der Waals surface area contributed by atoms with E-state index in [1.807, 2.05) is 0 Å². The molecule has 3 rings (SSSR count). The van der Waals surface area contributed by atoms with Crippen LogP contribution in [0.5, 0.6) is 0 Å². The number of rotatable bonds is 3. The summed E-state index contributed by atoms with van der Waals surface area (Å²) in [7, 11) is 1.72. The van der Waals surface area contributed by atoms with E-state index in [-0.39, 0.29) is 5.91 Å². The standard InChI is InChI=1S/C14H18N2O3/c1-16(9-14(18)5-2-3-6-14)13(17)11-8-12-10(15-11)4-7-19-12/h4,7-8,15,18H,2-3,5-6,9H2,1H3. The van der Waals surface area contributed by atoms with Gasteiger partial charge in [0.25, 0.3) is 5.91 Å². The van der Waals surface area contributed by atoms with Crippen molar-refractivity contribution in [1.29, 1.82) is 0 Å². The van der Waals surface area contributed by atoms with Gasteiger partial charge in [-0.25, -0.2) is 0 Å². The summed E-state index contributed by atoms with van der Waals surface area (Å²) in [4.78, 5) is 16.9. The molecule has 0 saturated heterocycles. The van der Waals surface area contributed by atoms with Crippen molar-refractivity contribution in [2.45, 2.75) is 31.3 Å². The molecule has 1 amide bonds. The first-order chi connectivity index (χ1) is 9.07. The molecule has 0 atom stereocenters. The van der Waals surface area contributed by atoms with Gasteiger partial charge in [0.05, 0.1) is 17.4 Å². The topological polar surface area (TPSA) is 69.5 Å². The van der Waals surface area contributed by atoms with Gasteiger partial charge in [0.15, 0.2) is 5.58 Å². The predicted molar refractivity (Wildman–Crippen MR) is 70.9 cm³/mol. The Bertz CT molecular complexity index is 564. The van der Waals surface area contributed by atoms with Gasteiger partial charge in [0, 0.05) is 25.7 Å². The third-order valence-electron chi connectivity index (χ3n) is 3.88. The fourth-order valence-corrected chi connectivity index (χ4v) is 2.87. The van der Waals surface area contributed by atoms with Crippen molar-refractivity contribution in [3.05, 3.63) is 24.1 Å². The van der Waals surface area contributed by atoms with Crippen molar-refractivity contribution in [3.63, 3.8) is 0 Å². The Morgan fingerprint density at radius 3 is 2.95 bits per heavy atom. The number of amides is 1. The van der Waals surface area contributed by atoms with Crippen LogP contribution in [-0.4, -0.2) is 40.1 Å². The van der Waals surface area contributed by atoms with Crippen LogP contribution in [0.4, 0.5) is 0 Å². The summed E-state index contributed by atoms with van der Waals surface area (Å²) in [6, 6.07) is 3.49. The largest absolute Gasteiger partial charge is 0.463 e. The molecule has 1 fully saturated rings. The van der Waals surface area contributed by atoms with E-state index >= 15 is 0 Å². The Hall–Kier alpha value is -1.75. The molecule has 5 heteroatoms. The number of fused-ring (bicyclic) bond motifs is 1. The van der Waals surface area contributed by atoms with E-state index in [0.29, 0.717) is 17.8 Å². The summed E-state index contributed by atoms with van der Waals surface area (Å²) >= 11 is 0. The number of carbonyl (C=O) groups is 1. The van der Waals surface area contributed by atoms with Crippen molar-refractivity contribution in [2.75, 3.05) is 13.6 Å². The zero-order chi connectivity index (χ0) is 13.5. The lowest BCUT2D eigenvalue weighted by atomic mass is 10.0. The van der Waals surface area contributed by atoms with E-state index in [1.54, 1.807) is 30.3 Å². The highest BCUT2D eigenvalue weighted by atomic mass is 16.3. The number of nitrogens with zero attached hydrogens (tertiary/aromatic N) is 1. The van der Waals surface area contributed by atoms with Crippen LogP contribution >= 0.6 is 0 Å². The lowest BCUT2D eigenvalue weighted by molar-refractivity contribution is 0.0155. The second-order valence-corrected chi connectivity index (χ2v) is 5.47. The quantitative estimate of drug-likeness (QED) is 0.890. The van der Waals surface area contributed by atoms with Crippen LogP contribution < -0.4 is 0 Å². The molecule has 0 bridgehead atoms. The lowest BCUT2D eigenvalue weighted by Crippen LogP contribution is -2.42. The van der Waals surface area contributed by atoms with Crippen molar-refractivity contribution in [1.82, 2.24) is 9.88 Å². The molecule has 1 saturated carbocycles. The average molecular weight is 262 g/mol. The zero-order valence-corrected chi connectivity index (χ0v) is 11.0. The smallest absolute Gasteiger partial charge is 0.270 e. The molecule has 0 spiro atoms. The zero-order valence-electron chi connectivity index (χ0n) is 11.0. The van der Waals surface area contributed by atoms with E-state index in [1.165, 1.54) is 0 Å². The molecule has 1 aliphatic rings. The minimum absolute atomic E-state index is 0.119. The van der Waals surface area contributed by atoms with Gasteiger partial charge < -0.3 is 19.4 Å². The van der Waals surface area contributed by atoms with Crippen molar-refractivity contribution in [3.8, 4) is 0 Å². The third-order valence-corrected chi connectivity index (χ3v) is 3.88. The Morgan fingerprint density at radius 2 is 2.26 bits per heavy atom. The van der Waals surface area contributed by atoms with Gasteiger partial charge in [-0.1, -0.05) is 12.8 Å². The van der Waals surface area contributed by atoms with Gasteiger partial charge >= 0.3 is 0 Å². The Morgan fingerprint density at radius 1 is 1.53 bits per heavy atom. The number of aromatic nitrogens is 1. The predicted octanol–water partition coefficient (Wildman–Crippen LogP) is 2.14. The number of likely N-dealkylation sites (N-methyl/N-ethyl adjacent to an activating group) is 1. The highest BCUT2D eigenvalue weighted by Crippen LogP contribution is 2.30. The van der Waals surface area contributed by atoms with E-state index in [2.05, 4.69) is 4.98 Å². The van der Waals surface area contributed by atoms with Gasteiger partial charge in [-0.05, 0) is 12.8 Å². The maximum Gasteiger partial charge on any atom is 0.270 e. The van der Waals surface area contributed by atoms with E-state index in [0.717, 1.165) is 31.2 Å². The molecule has 2 N–H and O–H groups in total. The highest BCUT2D eigenvalue weighted by molar-refractivity contribution is 5.96. The molecule has 102 valence electrons. The summed E-state index contributed by atoms with van der Waals surface area (Å²) < 4.78 is 5.23. The van der Waals surface area contributed by atoms with Crippen LogP contribution in [0.3, 0.4) is 0 Å². The molecule has 1 aliphatic carbocycles. The maximum atomic E-state index is 12.3. The molecule has 2 aromatic rings. The van der Waals surface area contributed by atoms with Gasteiger partial charge in [0.1, 0.15) is 5.69 Å². The van der Waals surface area contributed by atoms with Gasteiger partial charge in [-0.3, -0.25) is 4.79 Å². The summed E-state index contributed by atoms with van der Waals surface area (Å²) in [5, 5.41) is 10.3. The van der Waals surface area contributed by atoms with E-state index in [4.69, 9.17) is 4.42 Å². The monoisotopic (exact) mass is 262 g/mol. The van der Waals surface area contributed by atoms with Crippen LogP contribution in [0.1, 0.15) is 36.2 Å². The Balaban J connectivity index is 1.74. The molecular formula is C14H18N2O3. The minimum atomic E-state index is -0.712. The number of aliphatic hydroxyl groups is 1. The highest BCUT2D eigenvalue weighted by Gasteiger charge is 2.33. The number of carbonyl (C=O) groups excluding carboxylic acids is 1. The van der Waals surface area contributed by atoms with Crippen molar-refractivity contribution >= 4 is 17.0 Å². The summed E-state index contributed by atoms with van der Waals surface area (Å²) in [5.74, 6) is -0.119. The van der Waals surface area contributed by atoms with Crippen LogP contribution in [-0.2, 0) is 0 Å². The van der Waals surface area contributed by atoms with Crippen molar-refractivity contribution < 1.29 is 14.3 Å². The van der Waals surface area contributed by atoms with E-state index in [9.17, 15) is 9.90 Å². The number of aromatic amines is 1. The van der Waals surface area contributed by atoms with Crippen LogP contribution in [0.15, 0.2) is 22.8 Å². The van der Waals surface area contributed by atoms with Crippen molar-refractivity contribution in [2.24, 2.45) is 0 Å². The van der Waals surface area contributed by atoms with Crippen LogP contribution in [0.25, 0.3) is 11.1 Å². The van der Waals surface area contributed by atoms with Gasteiger partial charge in [-0.15, -0.1) is 0 Å². The first-order valence-electron chi connectivity index (χ1n) is 6.61. The fourth-order valence-electron chi connectivity index (χ4n) is 2.87. The Kier molecular flexibility index (Phi) is 2.86. The van der Waals surface area contributed by atoms with Gasteiger partial charge in [-0.2, -0.15) is 0 Å². The molecule has 2 aromatic heterocycles. The molecular weight excluding hydrogens is 244 g/mol. The number of hydrogen-bond donors (Lipinski definition) is 2. The Labute approximate surface area is 111 Å². The van der Waals surface area contributed by atoms with Crippen LogP contribution in [0, 0.1) is 0 Å². The normalized spacial score (nSPS) is 18.0. The molecule has 0 aromatic carbocycles. The average Bonchev–Trinajstić information content (AvgIpc) is 3.02.